The SMILES string of the molecule is CN(Cc1n[nH]c2c1CCCCC2)C(=O)CCn1cnc2ccccc21. The van der Waals surface area contributed by atoms with E-state index in [1.165, 1.54) is 30.5 Å². The molecule has 0 saturated heterocycles. The lowest BCUT2D eigenvalue weighted by Crippen LogP contribution is -2.27. The first-order valence-electron chi connectivity index (χ1n) is 9.41. The third-order valence-corrected chi connectivity index (χ3v) is 5.30. The van der Waals surface area contributed by atoms with Crippen LogP contribution in [0.4, 0.5) is 0 Å². The van der Waals surface area contributed by atoms with Crippen LogP contribution >= 0.6 is 0 Å². The van der Waals surface area contributed by atoms with Gasteiger partial charge >= 0.3 is 0 Å². The first kappa shape index (κ1) is 16.8. The van der Waals surface area contributed by atoms with Crippen LogP contribution in [0.15, 0.2) is 30.6 Å². The van der Waals surface area contributed by atoms with Gasteiger partial charge in [-0.1, -0.05) is 18.6 Å². The number of carbonyl (C=O) groups is 1. The van der Waals surface area contributed by atoms with Gasteiger partial charge in [-0.05, 0) is 43.4 Å². The van der Waals surface area contributed by atoms with E-state index in [0.717, 1.165) is 29.6 Å². The fraction of sp³-hybridized carbons (Fsp3) is 0.450. The summed E-state index contributed by atoms with van der Waals surface area (Å²) >= 11 is 0. The van der Waals surface area contributed by atoms with Gasteiger partial charge in [-0.25, -0.2) is 4.98 Å². The van der Waals surface area contributed by atoms with E-state index < -0.39 is 0 Å². The highest BCUT2D eigenvalue weighted by Gasteiger charge is 2.18. The van der Waals surface area contributed by atoms with Crippen molar-refractivity contribution in [2.24, 2.45) is 0 Å². The highest BCUT2D eigenvalue weighted by atomic mass is 16.2. The topological polar surface area (TPSA) is 66.8 Å². The Morgan fingerprint density at radius 1 is 1.23 bits per heavy atom. The molecule has 0 aliphatic heterocycles. The maximum absolute atomic E-state index is 12.6. The molecule has 0 unspecified atom stereocenters. The van der Waals surface area contributed by atoms with E-state index in [-0.39, 0.29) is 5.91 Å². The molecule has 0 atom stereocenters. The molecule has 26 heavy (non-hydrogen) atoms. The average molecular weight is 351 g/mol. The number of hydrogen-bond donors (Lipinski definition) is 1. The molecule has 0 radical (unpaired) electrons. The molecule has 6 nitrogen and oxygen atoms in total. The summed E-state index contributed by atoms with van der Waals surface area (Å²) < 4.78 is 2.04. The monoisotopic (exact) mass is 351 g/mol. The maximum atomic E-state index is 12.6. The van der Waals surface area contributed by atoms with Gasteiger partial charge in [0.05, 0.1) is 29.6 Å². The van der Waals surface area contributed by atoms with Gasteiger partial charge in [0.1, 0.15) is 0 Å². The van der Waals surface area contributed by atoms with Crippen molar-refractivity contribution < 1.29 is 4.79 Å². The number of hydrogen-bond acceptors (Lipinski definition) is 3. The number of aromatic amines is 1. The first-order valence-corrected chi connectivity index (χ1v) is 9.41. The number of H-pyrrole nitrogens is 1. The second-order valence-electron chi connectivity index (χ2n) is 7.11. The van der Waals surface area contributed by atoms with Crippen LogP contribution < -0.4 is 0 Å². The number of nitrogens with zero attached hydrogens (tertiary/aromatic N) is 4. The molecule has 136 valence electrons. The van der Waals surface area contributed by atoms with E-state index in [2.05, 4.69) is 15.2 Å². The van der Waals surface area contributed by atoms with Crippen LogP contribution in [-0.4, -0.2) is 37.6 Å². The maximum Gasteiger partial charge on any atom is 0.224 e. The zero-order chi connectivity index (χ0) is 17.9. The van der Waals surface area contributed by atoms with E-state index in [1.54, 1.807) is 4.90 Å². The van der Waals surface area contributed by atoms with Crippen molar-refractivity contribution in [3.05, 3.63) is 47.5 Å². The van der Waals surface area contributed by atoms with E-state index >= 15 is 0 Å². The van der Waals surface area contributed by atoms with Gasteiger partial charge in [-0.15, -0.1) is 0 Å². The van der Waals surface area contributed by atoms with E-state index in [0.29, 0.717) is 19.5 Å². The summed E-state index contributed by atoms with van der Waals surface area (Å²) in [5.74, 6) is 0.133. The smallest absolute Gasteiger partial charge is 0.224 e. The lowest BCUT2D eigenvalue weighted by atomic mass is 10.1. The van der Waals surface area contributed by atoms with Crippen molar-refractivity contribution in [3.63, 3.8) is 0 Å². The molecule has 0 bridgehead atoms. The van der Waals surface area contributed by atoms with Crippen molar-refractivity contribution in [2.45, 2.75) is 51.6 Å². The van der Waals surface area contributed by atoms with E-state index in [4.69, 9.17) is 0 Å². The fourth-order valence-electron chi connectivity index (χ4n) is 3.77. The van der Waals surface area contributed by atoms with Crippen LogP contribution in [0.2, 0.25) is 0 Å². The largest absolute Gasteiger partial charge is 0.340 e. The minimum absolute atomic E-state index is 0.133. The molecular formula is C20H25N5O. The number of fused-ring (bicyclic) bond motifs is 2. The number of nitrogens with one attached hydrogen (secondary N) is 1. The van der Waals surface area contributed by atoms with Crippen LogP contribution in [0.5, 0.6) is 0 Å². The predicted molar refractivity (Wildman–Crippen MR) is 101 cm³/mol. The van der Waals surface area contributed by atoms with Crippen LogP contribution in [0.25, 0.3) is 11.0 Å². The van der Waals surface area contributed by atoms with Gasteiger partial charge in [0.2, 0.25) is 5.91 Å². The molecule has 6 heteroatoms. The highest BCUT2D eigenvalue weighted by molar-refractivity contribution is 5.77. The molecule has 3 aromatic rings. The molecule has 2 aromatic heterocycles. The number of aromatic nitrogens is 4. The normalized spacial score (nSPS) is 14.2. The Hall–Kier alpha value is -2.63. The summed E-state index contributed by atoms with van der Waals surface area (Å²) in [6, 6.07) is 8.00. The van der Waals surface area contributed by atoms with Crippen LogP contribution in [0.1, 0.15) is 42.6 Å². The second kappa shape index (κ2) is 7.32. The lowest BCUT2D eigenvalue weighted by Gasteiger charge is -2.17. The third kappa shape index (κ3) is 3.36. The summed E-state index contributed by atoms with van der Waals surface area (Å²) in [5, 5.41) is 7.66. The summed E-state index contributed by atoms with van der Waals surface area (Å²) in [4.78, 5) is 18.8. The molecule has 4 rings (SSSR count). The van der Waals surface area contributed by atoms with Gasteiger partial charge in [0.25, 0.3) is 0 Å². The molecule has 1 aromatic carbocycles. The number of carbonyl (C=O) groups excluding carboxylic acids is 1. The van der Waals surface area contributed by atoms with Crippen molar-refractivity contribution in [1.82, 2.24) is 24.6 Å². The average Bonchev–Trinajstić information content (AvgIpc) is 3.15. The standard InChI is InChI=1S/C20H25N5O/c1-24(13-18-15-7-3-2-4-8-16(15)22-23-18)20(26)11-12-25-14-21-17-9-5-6-10-19(17)25/h5-6,9-10,14H,2-4,7-8,11-13H2,1H3,(H,22,23). The van der Waals surface area contributed by atoms with Crippen LogP contribution in [0.3, 0.4) is 0 Å². The molecule has 0 spiro atoms. The highest BCUT2D eigenvalue weighted by Crippen LogP contribution is 2.22. The minimum atomic E-state index is 0.133. The molecule has 0 fully saturated rings. The summed E-state index contributed by atoms with van der Waals surface area (Å²) in [6.07, 6.45) is 8.13. The van der Waals surface area contributed by atoms with Gasteiger partial charge in [0.15, 0.2) is 0 Å². The summed E-state index contributed by atoms with van der Waals surface area (Å²) in [5.41, 5.74) is 5.67. The molecular weight excluding hydrogens is 326 g/mol. The third-order valence-electron chi connectivity index (χ3n) is 5.30. The van der Waals surface area contributed by atoms with Crippen molar-refractivity contribution in [1.29, 1.82) is 0 Å². The Morgan fingerprint density at radius 3 is 3.00 bits per heavy atom. The summed E-state index contributed by atoms with van der Waals surface area (Å²) in [6.45, 7) is 1.22. The van der Waals surface area contributed by atoms with Gasteiger partial charge in [-0.3, -0.25) is 9.89 Å². The Kier molecular flexibility index (Phi) is 4.73. The zero-order valence-electron chi connectivity index (χ0n) is 15.2. The van der Waals surface area contributed by atoms with E-state index in [9.17, 15) is 4.79 Å². The van der Waals surface area contributed by atoms with Gasteiger partial charge < -0.3 is 9.47 Å². The number of aryl methyl sites for hydroxylation is 2. The predicted octanol–water partition coefficient (Wildman–Crippen LogP) is 3.08. The Balaban J connectivity index is 1.38. The Bertz CT molecular complexity index is 910. The van der Waals surface area contributed by atoms with Gasteiger partial charge in [0, 0.05) is 25.7 Å². The Labute approximate surface area is 153 Å². The first-order chi connectivity index (χ1) is 12.7. The van der Waals surface area contributed by atoms with Crippen LogP contribution in [0, 0.1) is 0 Å². The van der Waals surface area contributed by atoms with Gasteiger partial charge in [-0.2, -0.15) is 5.10 Å². The van der Waals surface area contributed by atoms with Crippen molar-refractivity contribution in [2.75, 3.05) is 7.05 Å². The number of para-hydroxylation sites is 2. The molecule has 1 amide bonds. The number of rotatable bonds is 5. The molecule has 1 aliphatic carbocycles. The van der Waals surface area contributed by atoms with E-state index in [1.807, 2.05) is 42.2 Å². The number of amides is 1. The molecule has 1 N–H and O–H groups in total. The Morgan fingerprint density at radius 2 is 2.08 bits per heavy atom. The van der Waals surface area contributed by atoms with Crippen LogP contribution in [-0.2, 0) is 30.7 Å². The number of imidazole rings is 1. The molecule has 0 saturated carbocycles. The molecule has 1 aliphatic rings. The lowest BCUT2D eigenvalue weighted by molar-refractivity contribution is -0.130. The second-order valence-corrected chi connectivity index (χ2v) is 7.11. The quantitative estimate of drug-likeness (QED) is 0.718. The fourth-order valence-corrected chi connectivity index (χ4v) is 3.77. The minimum Gasteiger partial charge on any atom is -0.340 e. The van der Waals surface area contributed by atoms with Crippen molar-refractivity contribution >= 4 is 16.9 Å². The zero-order valence-corrected chi connectivity index (χ0v) is 15.2. The number of benzene rings is 1. The summed E-state index contributed by atoms with van der Waals surface area (Å²) in [7, 11) is 1.87. The van der Waals surface area contributed by atoms with Crippen molar-refractivity contribution in [3.8, 4) is 0 Å². The molecule has 2 heterocycles.